The molecular formula is C14H29N3. The van der Waals surface area contributed by atoms with Crippen molar-refractivity contribution in [2.75, 3.05) is 34.2 Å². The van der Waals surface area contributed by atoms with Gasteiger partial charge < -0.3 is 10.2 Å². The van der Waals surface area contributed by atoms with Crippen molar-refractivity contribution in [3.63, 3.8) is 0 Å². The van der Waals surface area contributed by atoms with Crippen LogP contribution in [0, 0.1) is 5.41 Å². The van der Waals surface area contributed by atoms with Crippen molar-refractivity contribution in [1.82, 2.24) is 15.1 Å². The molecule has 1 aliphatic heterocycles. The molecule has 17 heavy (non-hydrogen) atoms. The van der Waals surface area contributed by atoms with Crippen LogP contribution in [0.25, 0.3) is 0 Å². The summed E-state index contributed by atoms with van der Waals surface area (Å²) in [6, 6.07) is 2.17. The molecule has 3 atom stereocenters. The summed E-state index contributed by atoms with van der Waals surface area (Å²) in [5.74, 6) is 0. The van der Waals surface area contributed by atoms with Crippen LogP contribution in [-0.2, 0) is 0 Å². The first-order valence-corrected chi connectivity index (χ1v) is 7.03. The van der Waals surface area contributed by atoms with Crippen LogP contribution in [0.15, 0.2) is 0 Å². The molecule has 1 N–H and O–H groups in total. The van der Waals surface area contributed by atoms with E-state index >= 15 is 0 Å². The molecule has 2 rings (SSSR count). The van der Waals surface area contributed by atoms with Gasteiger partial charge in [-0.1, -0.05) is 13.8 Å². The van der Waals surface area contributed by atoms with E-state index in [-0.39, 0.29) is 0 Å². The van der Waals surface area contributed by atoms with Crippen LogP contribution in [-0.4, -0.2) is 62.2 Å². The Hall–Kier alpha value is -0.120. The third-order valence-corrected chi connectivity index (χ3v) is 5.02. The second-order valence-electron chi connectivity index (χ2n) is 6.76. The van der Waals surface area contributed by atoms with Gasteiger partial charge in [-0.05, 0) is 45.8 Å². The Bertz CT molecular complexity index is 262. The van der Waals surface area contributed by atoms with E-state index in [1.807, 2.05) is 0 Å². The molecule has 3 heteroatoms. The Morgan fingerprint density at radius 1 is 1.24 bits per heavy atom. The molecule has 3 unspecified atom stereocenters. The maximum absolute atomic E-state index is 3.57. The fourth-order valence-electron chi connectivity index (χ4n) is 3.83. The van der Waals surface area contributed by atoms with Crippen LogP contribution in [0.2, 0.25) is 0 Å². The quantitative estimate of drug-likeness (QED) is 0.803. The molecule has 1 heterocycles. The second-order valence-corrected chi connectivity index (χ2v) is 6.76. The van der Waals surface area contributed by atoms with Gasteiger partial charge in [-0.2, -0.15) is 0 Å². The average molecular weight is 239 g/mol. The highest BCUT2D eigenvalue weighted by molar-refractivity contribution is 5.02. The van der Waals surface area contributed by atoms with Crippen LogP contribution >= 0.6 is 0 Å². The van der Waals surface area contributed by atoms with Crippen LogP contribution in [0.5, 0.6) is 0 Å². The zero-order valence-electron chi connectivity index (χ0n) is 12.2. The first-order chi connectivity index (χ1) is 7.95. The molecular weight excluding hydrogens is 210 g/mol. The zero-order chi connectivity index (χ0) is 12.6. The molecule has 0 aromatic rings. The molecule has 0 aromatic heterocycles. The first kappa shape index (κ1) is 13.3. The smallest absolute Gasteiger partial charge is 0.0271 e. The van der Waals surface area contributed by atoms with Gasteiger partial charge in [-0.3, -0.25) is 4.90 Å². The number of nitrogens with zero attached hydrogens (tertiary/aromatic N) is 2. The lowest BCUT2D eigenvalue weighted by atomic mass is 9.86. The summed E-state index contributed by atoms with van der Waals surface area (Å²) >= 11 is 0. The number of rotatable bonds is 3. The van der Waals surface area contributed by atoms with Crippen molar-refractivity contribution in [3.8, 4) is 0 Å². The summed E-state index contributed by atoms with van der Waals surface area (Å²) < 4.78 is 0. The topological polar surface area (TPSA) is 18.5 Å². The minimum atomic E-state index is 0.454. The number of likely N-dealkylation sites (N-methyl/N-ethyl adjacent to an activating group) is 2. The van der Waals surface area contributed by atoms with Crippen molar-refractivity contribution in [2.24, 2.45) is 5.41 Å². The van der Waals surface area contributed by atoms with Gasteiger partial charge in [0.15, 0.2) is 0 Å². The summed E-state index contributed by atoms with van der Waals surface area (Å²) in [5.41, 5.74) is 0.454. The Morgan fingerprint density at radius 2 is 1.94 bits per heavy atom. The van der Waals surface area contributed by atoms with Crippen molar-refractivity contribution >= 4 is 0 Å². The lowest BCUT2D eigenvalue weighted by Gasteiger charge is -2.35. The SMILES string of the molecule is CNC1C(N2CCC(N(C)C)C2)CCC1(C)C. The van der Waals surface area contributed by atoms with Gasteiger partial charge in [-0.15, -0.1) is 0 Å². The number of likely N-dealkylation sites (tertiary alicyclic amines) is 1. The van der Waals surface area contributed by atoms with Crippen molar-refractivity contribution < 1.29 is 0 Å². The molecule has 0 bridgehead atoms. The van der Waals surface area contributed by atoms with E-state index in [0.717, 1.165) is 12.1 Å². The van der Waals surface area contributed by atoms with Gasteiger partial charge in [0.1, 0.15) is 0 Å². The van der Waals surface area contributed by atoms with Gasteiger partial charge >= 0.3 is 0 Å². The molecule has 0 amide bonds. The Balaban J connectivity index is 2.00. The molecule has 1 saturated carbocycles. The molecule has 1 aliphatic carbocycles. The van der Waals surface area contributed by atoms with Gasteiger partial charge in [0.05, 0.1) is 0 Å². The lowest BCUT2D eigenvalue weighted by molar-refractivity contribution is 0.165. The summed E-state index contributed by atoms with van der Waals surface area (Å²) in [5, 5.41) is 3.57. The van der Waals surface area contributed by atoms with Crippen molar-refractivity contribution in [2.45, 2.75) is 51.2 Å². The molecule has 0 aromatic carbocycles. The van der Waals surface area contributed by atoms with Gasteiger partial charge in [0.25, 0.3) is 0 Å². The molecule has 1 saturated heterocycles. The van der Waals surface area contributed by atoms with Crippen molar-refractivity contribution in [1.29, 1.82) is 0 Å². The van der Waals surface area contributed by atoms with Gasteiger partial charge in [-0.25, -0.2) is 0 Å². The Morgan fingerprint density at radius 3 is 2.47 bits per heavy atom. The fraction of sp³-hybridized carbons (Fsp3) is 1.00. The third-order valence-electron chi connectivity index (χ3n) is 5.02. The van der Waals surface area contributed by atoms with E-state index in [9.17, 15) is 0 Å². The normalized spacial score (nSPS) is 38.1. The van der Waals surface area contributed by atoms with Crippen LogP contribution in [0.4, 0.5) is 0 Å². The van der Waals surface area contributed by atoms with Gasteiger partial charge in [0, 0.05) is 31.2 Å². The second kappa shape index (κ2) is 4.87. The van der Waals surface area contributed by atoms with E-state index in [1.54, 1.807) is 0 Å². The highest BCUT2D eigenvalue weighted by Crippen LogP contribution is 2.40. The fourth-order valence-corrected chi connectivity index (χ4v) is 3.83. The van der Waals surface area contributed by atoms with Crippen LogP contribution in [0.1, 0.15) is 33.1 Å². The maximum atomic E-state index is 3.57. The van der Waals surface area contributed by atoms with E-state index < -0.39 is 0 Å². The van der Waals surface area contributed by atoms with Crippen LogP contribution < -0.4 is 5.32 Å². The molecule has 2 aliphatic rings. The van der Waals surface area contributed by atoms with E-state index in [0.29, 0.717) is 11.5 Å². The summed E-state index contributed by atoms with van der Waals surface area (Å²) in [6.45, 7) is 7.36. The number of nitrogens with one attached hydrogen (secondary N) is 1. The Labute approximate surface area is 107 Å². The lowest BCUT2D eigenvalue weighted by Crippen LogP contribution is -2.50. The van der Waals surface area contributed by atoms with Crippen molar-refractivity contribution in [3.05, 3.63) is 0 Å². The predicted octanol–water partition coefficient (Wildman–Crippen LogP) is 1.40. The van der Waals surface area contributed by atoms with E-state index in [1.165, 1.54) is 32.4 Å². The maximum Gasteiger partial charge on any atom is 0.0271 e. The number of hydrogen-bond acceptors (Lipinski definition) is 3. The standard InChI is InChI=1S/C14H29N3/c1-14(2)8-6-12(13(14)15-3)17-9-7-11(10-17)16(4)5/h11-13,15H,6-10H2,1-5H3. The summed E-state index contributed by atoms with van der Waals surface area (Å²) in [4.78, 5) is 5.11. The minimum Gasteiger partial charge on any atom is -0.315 e. The molecule has 100 valence electrons. The first-order valence-electron chi connectivity index (χ1n) is 7.03. The highest BCUT2D eigenvalue weighted by atomic mass is 15.3. The number of hydrogen-bond donors (Lipinski definition) is 1. The molecule has 3 nitrogen and oxygen atoms in total. The third kappa shape index (κ3) is 2.51. The largest absolute Gasteiger partial charge is 0.315 e. The monoisotopic (exact) mass is 239 g/mol. The average Bonchev–Trinajstić information content (AvgIpc) is 2.81. The van der Waals surface area contributed by atoms with E-state index in [4.69, 9.17) is 0 Å². The summed E-state index contributed by atoms with van der Waals surface area (Å²) in [6.07, 6.45) is 4.05. The Kier molecular flexibility index (Phi) is 3.81. The molecule has 0 spiro atoms. The van der Waals surface area contributed by atoms with Gasteiger partial charge in [0.2, 0.25) is 0 Å². The minimum absolute atomic E-state index is 0.454. The summed E-state index contributed by atoms with van der Waals surface area (Å²) in [7, 11) is 6.55. The highest BCUT2D eigenvalue weighted by Gasteiger charge is 2.45. The predicted molar refractivity (Wildman–Crippen MR) is 73.3 cm³/mol. The zero-order valence-corrected chi connectivity index (χ0v) is 12.2. The van der Waals surface area contributed by atoms with Crippen LogP contribution in [0.3, 0.4) is 0 Å². The molecule has 2 fully saturated rings. The van der Waals surface area contributed by atoms with E-state index in [2.05, 4.69) is 50.1 Å². The molecule has 0 radical (unpaired) electrons.